The average molecular weight is 774 g/mol. The Hall–Kier alpha value is -6.11. The summed E-state index contributed by atoms with van der Waals surface area (Å²) in [7, 11) is 0. The predicted octanol–water partition coefficient (Wildman–Crippen LogP) is 5.57. The highest BCUT2D eigenvalue weighted by molar-refractivity contribution is 8.00. The molecule has 0 radical (unpaired) electrons. The normalized spacial score (nSPS) is 19.3. The molecule has 3 aliphatic rings. The number of ether oxygens (including phenoxy) is 2. The van der Waals surface area contributed by atoms with Gasteiger partial charge in [0.1, 0.15) is 41.0 Å². The number of piperazine rings is 1. The molecule has 0 saturated carbocycles. The molecule has 5 N–H and O–H groups in total. The Labute approximate surface area is 329 Å². The molecule has 3 fully saturated rings. The number of nitrogen functional groups attached to an aromatic ring is 1. The quantitative estimate of drug-likeness (QED) is 0.0543. The van der Waals surface area contributed by atoms with Gasteiger partial charge >= 0.3 is 6.03 Å². The molecule has 0 bridgehead atoms. The highest BCUT2D eigenvalue weighted by Gasteiger charge is 2.42. The minimum absolute atomic E-state index is 0.0138. The molecule has 15 heteroatoms. The lowest BCUT2D eigenvalue weighted by Crippen LogP contribution is -2.48. The molecule has 1 aromatic heterocycles. The SMILES string of the molecule is N#CC(=CCN1CCN(C(=O)CCCCC2SCC3NC(=O)NC32)CC1)C(=O)Nc1cccc(Oc2ncnc(N)c2-c2ccc(Oc3ccccc3)cc2)c1. The number of carbonyl (C=O) groups is 3. The zero-order valence-corrected chi connectivity index (χ0v) is 31.5. The molecule has 3 unspecified atom stereocenters. The standard InChI is InChI=1S/C41H43N9O5S/c42-24-28(17-18-49-19-21-50(22-20-49)35(51)12-5-4-11-34-37-33(25-56-34)47-41(53)48-37)39(52)46-29-7-6-10-32(23-29)55-40-36(38(43)44-26-45-40)27-13-15-31(16-14-27)54-30-8-2-1-3-9-30/h1-3,6-10,13-17,23,26,33-34,37H,4-5,11-12,18-22,25H2,(H,46,52)(H2,43,44,45)(H2,47,48,53). The maximum atomic E-state index is 13.1. The van der Waals surface area contributed by atoms with Crippen LogP contribution in [0.2, 0.25) is 0 Å². The third kappa shape index (κ3) is 9.57. The van der Waals surface area contributed by atoms with Crippen LogP contribution in [0.1, 0.15) is 25.7 Å². The smallest absolute Gasteiger partial charge is 0.315 e. The van der Waals surface area contributed by atoms with E-state index in [2.05, 4.69) is 30.8 Å². The number of para-hydroxylation sites is 1. The molecular formula is C41H43N9O5S. The number of urea groups is 1. The summed E-state index contributed by atoms with van der Waals surface area (Å²) in [5, 5.41) is 19.0. The number of hydrogen-bond acceptors (Lipinski definition) is 11. The van der Waals surface area contributed by atoms with Gasteiger partial charge in [-0.2, -0.15) is 17.0 Å². The van der Waals surface area contributed by atoms with Crippen LogP contribution in [0.5, 0.6) is 23.1 Å². The first-order valence-electron chi connectivity index (χ1n) is 18.6. The number of nitriles is 1. The van der Waals surface area contributed by atoms with E-state index in [1.807, 2.05) is 77.3 Å². The first-order chi connectivity index (χ1) is 27.3. The number of nitrogens with zero attached hydrogens (tertiary/aromatic N) is 5. The zero-order chi connectivity index (χ0) is 38.9. The van der Waals surface area contributed by atoms with Crippen LogP contribution in [0.4, 0.5) is 16.3 Å². The number of nitrogens with two attached hydrogens (primary N) is 1. The number of rotatable bonds is 14. The van der Waals surface area contributed by atoms with Gasteiger partial charge in [0.25, 0.3) is 5.91 Å². The van der Waals surface area contributed by atoms with E-state index < -0.39 is 5.91 Å². The summed E-state index contributed by atoms with van der Waals surface area (Å²) in [6, 6.07) is 25.9. The Morgan fingerprint density at radius 3 is 2.50 bits per heavy atom. The van der Waals surface area contributed by atoms with Crippen molar-refractivity contribution in [1.82, 2.24) is 30.4 Å². The predicted molar refractivity (Wildman–Crippen MR) is 214 cm³/mol. The first-order valence-corrected chi connectivity index (χ1v) is 19.7. The van der Waals surface area contributed by atoms with Crippen LogP contribution in [0.25, 0.3) is 11.1 Å². The molecule has 14 nitrogen and oxygen atoms in total. The highest BCUT2D eigenvalue weighted by Crippen LogP contribution is 2.37. The lowest BCUT2D eigenvalue weighted by atomic mass is 10.0. The van der Waals surface area contributed by atoms with Gasteiger partial charge in [0, 0.05) is 61.9 Å². The molecule has 3 saturated heterocycles. The Kier molecular flexibility index (Phi) is 12.3. The first kappa shape index (κ1) is 38.2. The van der Waals surface area contributed by atoms with Crippen LogP contribution in [0.3, 0.4) is 0 Å². The number of hydrogen-bond donors (Lipinski definition) is 4. The molecular weight excluding hydrogens is 731 g/mol. The van der Waals surface area contributed by atoms with Crippen LogP contribution in [0.15, 0.2) is 96.8 Å². The number of thioether (sulfide) groups is 1. The van der Waals surface area contributed by atoms with Crippen molar-refractivity contribution < 1.29 is 23.9 Å². The Balaban J connectivity index is 0.875. The molecule has 4 amide bonds. The topological polar surface area (TPSA) is 188 Å². The van der Waals surface area contributed by atoms with Crippen LogP contribution >= 0.6 is 11.8 Å². The van der Waals surface area contributed by atoms with E-state index in [0.29, 0.717) is 67.1 Å². The van der Waals surface area contributed by atoms with Crippen LogP contribution < -0.4 is 31.2 Å². The lowest BCUT2D eigenvalue weighted by molar-refractivity contribution is -0.133. The van der Waals surface area contributed by atoms with Gasteiger partial charge in [0.05, 0.1) is 17.6 Å². The monoisotopic (exact) mass is 773 g/mol. The van der Waals surface area contributed by atoms with E-state index in [0.717, 1.165) is 36.3 Å². The van der Waals surface area contributed by atoms with Gasteiger partial charge in [-0.05, 0) is 60.9 Å². The third-order valence-corrected chi connectivity index (χ3v) is 11.5. The van der Waals surface area contributed by atoms with E-state index in [9.17, 15) is 19.6 Å². The van der Waals surface area contributed by atoms with Gasteiger partial charge in [-0.15, -0.1) is 0 Å². The minimum Gasteiger partial charge on any atom is -0.457 e. The summed E-state index contributed by atoms with van der Waals surface area (Å²) in [5.41, 5.74) is 7.92. The second-order valence-electron chi connectivity index (χ2n) is 13.7. The summed E-state index contributed by atoms with van der Waals surface area (Å²) < 4.78 is 12.1. The number of nitrogens with one attached hydrogen (secondary N) is 3. The van der Waals surface area contributed by atoms with Crippen molar-refractivity contribution in [2.24, 2.45) is 0 Å². The van der Waals surface area contributed by atoms with Gasteiger partial charge < -0.3 is 36.1 Å². The molecule has 3 aromatic carbocycles. The van der Waals surface area contributed by atoms with E-state index >= 15 is 0 Å². The third-order valence-electron chi connectivity index (χ3n) is 9.98. The van der Waals surface area contributed by atoms with Crippen molar-refractivity contribution in [3.63, 3.8) is 0 Å². The lowest BCUT2D eigenvalue weighted by Gasteiger charge is -2.34. The molecule has 4 aromatic rings. The van der Waals surface area contributed by atoms with E-state index in [4.69, 9.17) is 15.2 Å². The fourth-order valence-corrected chi connectivity index (χ4v) is 8.55. The molecule has 4 heterocycles. The number of aromatic nitrogens is 2. The summed E-state index contributed by atoms with van der Waals surface area (Å²) in [4.78, 5) is 50.2. The van der Waals surface area contributed by atoms with Crippen molar-refractivity contribution in [3.05, 3.63) is 96.8 Å². The minimum atomic E-state index is -0.540. The maximum Gasteiger partial charge on any atom is 0.315 e. The number of benzene rings is 3. The second-order valence-corrected chi connectivity index (χ2v) is 15.0. The molecule has 56 heavy (non-hydrogen) atoms. The Bertz CT molecular complexity index is 2100. The van der Waals surface area contributed by atoms with E-state index in [1.165, 1.54) is 6.33 Å². The van der Waals surface area contributed by atoms with E-state index in [1.54, 1.807) is 30.3 Å². The van der Waals surface area contributed by atoms with Gasteiger partial charge in [-0.3, -0.25) is 14.5 Å². The second kappa shape index (κ2) is 18.0. The Morgan fingerprint density at radius 2 is 1.71 bits per heavy atom. The van der Waals surface area contributed by atoms with Crippen molar-refractivity contribution in [2.45, 2.75) is 43.0 Å². The van der Waals surface area contributed by atoms with Crippen molar-refractivity contribution in [2.75, 3.05) is 49.5 Å². The summed E-state index contributed by atoms with van der Waals surface area (Å²) in [6.45, 7) is 2.91. The number of carbonyl (C=O) groups excluding carboxylic acids is 3. The summed E-state index contributed by atoms with van der Waals surface area (Å²) in [5.74, 6) is 2.77. The molecule has 3 aliphatic heterocycles. The fourth-order valence-electron chi connectivity index (χ4n) is 7.00. The van der Waals surface area contributed by atoms with Crippen LogP contribution in [-0.4, -0.2) is 93.4 Å². The van der Waals surface area contributed by atoms with Crippen LogP contribution in [0, 0.1) is 11.3 Å². The highest BCUT2D eigenvalue weighted by atomic mass is 32.2. The van der Waals surface area contributed by atoms with Crippen molar-refractivity contribution in [1.29, 1.82) is 5.26 Å². The maximum absolute atomic E-state index is 13.1. The summed E-state index contributed by atoms with van der Waals surface area (Å²) >= 11 is 1.89. The average Bonchev–Trinajstić information content (AvgIpc) is 3.77. The number of amides is 4. The molecule has 0 spiro atoms. The number of unbranched alkanes of at least 4 members (excludes halogenated alkanes) is 1. The van der Waals surface area contributed by atoms with Crippen LogP contribution in [-0.2, 0) is 9.59 Å². The van der Waals surface area contributed by atoms with Gasteiger partial charge in [0.2, 0.25) is 11.8 Å². The number of fused-ring (bicyclic) bond motifs is 1. The van der Waals surface area contributed by atoms with Gasteiger partial charge in [0.15, 0.2) is 0 Å². The van der Waals surface area contributed by atoms with Gasteiger partial charge in [-0.25, -0.2) is 14.8 Å². The molecule has 288 valence electrons. The molecule has 3 atom stereocenters. The van der Waals surface area contributed by atoms with Gasteiger partial charge in [-0.1, -0.05) is 42.8 Å². The fraction of sp³-hybridized carbons (Fsp3) is 0.317. The van der Waals surface area contributed by atoms with Crippen molar-refractivity contribution >= 4 is 41.1 Å². The molecule has 0 aliphatic carbocycles. The van der Waals surface area contributed by atoms with E-state index in [-0.39, 0.29) is 41.3 Å². The largest absolute Gasteiger partial charge is 0.457 e. The zero-order valence-electron chi connectivity index (χ0n) is 30.7. The Morgan fingerprint density at radius 1 is 0.946 bits per heavy atom. The van der Waals surface area contributed by atoms with Crippen molar-refractivity contribution in [3.8, 4) is 40.3 Å². The molecule has 7 rings (SSSR count). The summed E-state index contributed by atoms with van der Waals surface area (Å²) in [6.07, 6.45) is 6.20. The number of anilines is 2.